The second-order valence-electron chi connectivity index (χ2n) is 5.58. The summed E-state index contributed by atoms with van der Waals surface area (Å²) in [5.41, 5.74) is -0.166. The lowest BCUT2D eigenvalue weighted by Gasteiger charge is -2.22. The zero-order chi connectivity index (χ0) is 14.4. The molecule has 0 saturated heterocycles. The molecule has 1 aromatic rings. The third-order valence-electron chi connectivity index (χ3n) is 4.01. The molecule has 1 saturated carbocycles. The summed E-state index contributed by atoms with van der Waals surface area (Å²) in [5, 5.41) is 3.32. The Kier molecular flexibility index (Phi) is 7.53. The van der Waals surface area contributed by atoms with Crippen molar-refractivity contribution in [1.82, 2.24) is 5.32 Å². The molecule has 2 rings (SSSR count). The number of halogens is 4. The Balaban J connectivity index is 0.00000220. The largest absolute Gasteiger partial charge is 0.416 e. The predicted molar refractivity (Wildman–Crippen MR) is 81.6 cm³/mol. The normalized spacial score (nSPS) is 17.7. The van der Waals surface area contributed by atoms with Crippen LogP contribution in [0.3, 0.4) is 0 Å². The quantitative estimate of drug-likeness (QED) is 0.793. The first-order valence-corrected chi connectivity index (χ1v) is 7.46. The number of nitrogens with one attached hydrogen (secondary N) is 1. The van der Waals surface area contributed by atoms with Crippen LogP contribution in [0.4, 0.5) is 13.2 Å². The minimum absolute atomic E-state index is 0. The van der Waals surface area contributed by atoms with Crippen molar-refractivity contribution in [3.8, 4) is 0 Å². The summed E-state index contributed by atoms with van der Waals surface area (Å²) in [7, 11) is 0. The zero-order valence-electron chi connectivity index (χ0n) is 12.1. The van der Waals surface area contributed by atoms with Gasteiger partial charge in [0.05, 0.1) is 5.56 Å². The second-order valence-corrected chi connectivity index (χ2v) is 5.58. The van der Waals surface area contributed by atoms with Crippen LogP contribution in [0.5, 0.6) is 0 Å². The average molecular weight is 322 g/mol. The molecule has 1 N–H and O–H groups in total. The van der Waals surface area contributed by atoms with Crippen molar-refractivity contribution >= 4 is 12.4 Å². The molecule has 21 heavy (non-hydrogen) atoms. The molecule has 0 heterocycles. The molecule has 1 aliphatic rings. The van der Waals surface area contributed by atoms with Crippen LogP contribution in [-0.2, 0) is 12.7 Å². The summed E-state index contributed by atoms with van der Waals surface area (Å²) in [4.78, 5) is 0. The average Bonchev–Trinajstić information content (AvgIpc) is 2.37. The van der Waals surface area contributed by atoms with Crippen molar-refractivity contribution in [2.24, 2.45) is 0 Å². The molecule has 1 nitrogen and oxygen atoms in total. The first-order valence-electron chi connectivity index (χ1n) is 7.46. The van der Waals surface area contributed by atoms with Crippen LogP contribution in [-0.4, -0.2) is 6.04 Å². The van der Waals surface area contributed by atoms with Gasteiger partial charge in [0.15, 0.2) is 0 Å². The Hall–Kier alpha value is -0.740. The fraction of sp³-hybridized carbons (Fsp3) is 0.625. The molecule has 0 atom stereocenters. The van der Waals surface area contributed by atoms with Gasteiger partial charge in [-0.15, -0.1) is 12.4 Å². The molecular weight excluding hydrogens is 299 g/mol. The number of alkyl halides is 3. The molecule has 0 unspecified atom stereocenters. The summed E-state index contributed by atoms with van der Waals surface area (Å²) in [5.74, 6) is 0. The van der Waals surface area contributed by atoms with Crippen LogP contribution in [0.1, 0.15) is 56.1 Å². The molecule has 1 aliphatic carbocycles. The first kappa shape index (κ1) is 18.3. The van der Waals surface area contributed by atoms with Crippen molar-refractivity contribution in [2.45, 2.75) is 63.7 Å². The van der Waals surface area contributed by atoms with Crippen LogP contribution in [0, 0.1) is 0 Å². The van der Waals surface area contributed by atoms with E-state index in [1.54, 1.807) is 12.1 Å². The van der Waals surface area contributed by atoms with Crippen molar-refractivity contribution in [1.29, 1.82) is 0 Å². The minimum atomic E-state index is -4.26. The highest BCUT2D eigenvalue weighted by molar-refractivity contribution is 5.85. The molecule has 5 heteroatoms. The van der Waals surface area contributed by atoms with Gasteiger partial charge in [-0.05, 0) is 24.5 Å². The van der Waals surface area contributed by atoms with Gasteiger partial charge >= 0.3 is 6.18 Å². The molecule has 1 fully saturated rings. The third-order valence-corrected chi connectivity index (χ3v) is 4.01. The van der Waals surface area contributed by atoms with Gasteiger partial charge in [-0.2, -0.15) is 13.2 Å². The maximum atomic E-state index is 12.9. The van der Waals surface area contributed by atoms with Gasteiger partial charge in [-0.1, -0.05) is 50.3 Å². The maximum Gasteiger partial charge on any atom is 0.416 e. The van der Waals surface area contributed by atoms with Crippen molar-refractivity contribution in [3.63, 3.8) is 0 Å². The number of rotatable bonds is 3. The summed E-state index contributed by atoms with van der Waals surface area (Å²) < 4.78 is 38.7. The standard InChI is InChI=1S/C16H22F3N.ClH/c17-16(18,19)15-11-7-6-8-13(15)12-20-14-9-4-2-1-3-5-10-14;/h6-8,11,14,20H,1-5,9-10,12H2;1H. The molecule has 0 aliphatic heterocycles. The highest BCUT2D eigenvalue weighted by Crippen LogP contribution is 2.32. The maximum absolute atomic E-state index is 12.9. The van der Waals surface area contributed by atoms with Gasteiger partial charge < -0.3 is 5.32 Å². The monoisotopic (exact) mass is 321 g/mol. The van der Waals surface area contributed by atoms with Crippen molar-refractivity contribution in [2.75, 3.05) is 0 Å². The highest BCUT2D eigenvalue weighted by Gasteiger charge is 2.32. The molecule has 0 bridgehead atoms. The molecule has 0 aromatic heterocycles. The third kappa shape index (κ3) is 5.87. The number of benzene rings is 1. The van der Waals surface area contributed by atoms with Gasteiger partial charge in [-0.3, -0.25) is 0 Å². The smallest absolute Gasteiger partial charge is 0.310 e. The number of hydrogen-bond acceptors (Lipinski definition) is 1. The van der Waals surface area contributed by atoms with Gasteiger partial charge in [0.25, 0.3) is 0 Å². The first-order chi connectivity index (χ1) is 9.57. The zero-order valence-corrected chi connectivity index (χ0v) is 12.9. The molecule has 0 radical (unpaired) electrons. The van der Waals surface area contributed by atoms with Crippen LogP contribution >= 0.6 is 12.4 Å². The Morgan fingerprint density at radius 2 is 1.52 bits per heavy atom. The van der Waals surface area contributed by atoms with Gasteiger partial charge in [0.1, 0.15) is 0 Å². The lowest BCUT2D eigenvalue weighted by atomic mass is 9.96. The van der Waals surface area contributed by atoms with E-state index in [4.69, 9.17) is 0 Å². The van der Waals surface area contributed by atoms with E-state index in [9.17, 15) is 13.2 Å². The fourth-order valence-electron chi connectivity index (χ4n) is 2.87. The number of hydrogen-bond donors (Lipinski definition) is 1. The SMILES string of the molecule is Cl.FC(F)(F)c1ccccc1CNC1CCCCCCC1. The molecule has 0 spiro atoms. The molecule has 1 aromatic carbocycles. The van der Waals surface area contributed by atoms with Gasteiger partial charge in [0, 0.05) is 12.6 Å². The van der Waals surface area contributed by atoms with E-state index in [-0.39, 0.29) is 12.4 Å². The summed E-state index contributed by atoms with van der Waals surface area (Å²) in [6.07, 6.45) is 4.04. The van der Waals surface area contributed by atoms with E-state index in [1.165, 1.54) is 38.2 Å². The van der Waals surface area contributed by atoms with Crippen molar-refractivity contribution < 1.29 is 13.2 Å². The van der Waals surface area contributed by atoms with Crippen LogP contribution in [0.2, 0.25) is 0 Å². The van der Waals surface area contributed by atoms with E-state index in [0.29, 0.717) is 18.2 Å². The summed E-state index contributed by atoms with van der Waals surface area (Å²) >= 11 is 0. The molecular formula is C16H23ClF3N. The predicted octanol–water partition coefficient (Wildman–Crippen LogP) is 5.33. The van der Waals surface area contributed by atoms with Crippen LogP contribution in [0.25, 0.3) is 0 Å². The van der Waals surface area contributed by atoms with E-state index < -0.39 is 11.7 Å². The minimum Gasteiger partial charge on any atom is -0.310 e. The van der Waals surface area contributed by atoms with Crippen LogP contribution < -0.4 is 5.32 Å². The van der Waals surface area contributed by atoms with E-state index in [2.05, 4.69) is 5.32 Å². The Labute approximate surface area is 130 Å². The van der Waals surface area contributed by atoms with E-state index in [0.717, 1.165) is 18.9 Å². The second kappa shape index (κ2) is 8.64. The van der Waals surface area contributed by atoms with Crippen LogP contribution in [0.15, 0.2) is 24.3 Å². The van der Waals surface area contributed by atoms with Gasteiger partial charge in [-0.25, -0.2) is 0 Å². The fourth-order valence-corrected chi connectivity index (χ4v) is 2.87. The lowest BCUT2D eigenvalue weighted by Crippen LogP contribution is -2.30. The Morgan fingerprint density at radius 3 is 2.14 bits per heavy atom. The Morgan fingerprint density at radius 1 is 0.952 bits per heavy atom. The summed E-state index contributed by atoms with van der Waals surface area (Å²) in [6.45, 7) is 0.306. The van der Waals surface area contributed by atoms with Crippen molar-refractivity contribution in [3.05, 3.63) is 35.4 Å². The lowest BCUT2D eigenvalue weighted by molar-refractivity contribution is -0.138. The van der Waals surface area contributed by atoms with E-state index >= 15 is 0 Å². The topological polar surface area (TPSA) is 12.0 Å². The molecule has 0 amide bonds. The van der Waals surface area contributed by atoms with Gasteiger partial charge in [0.2, 0.25) is 0 Å². The summed E-state index contributed by atoms with van der Waals surface area (Å²) in [6, 6.07) is 6.21. The highest BCUT2D eigenvalue weighted by atomic mass is 35.5. The van der Waals surface area contributed by atoms with E-state index in [1.807, 2.05) is 0 Å². The molecule has 120 valence electrons. The Bertz CT molecular complexity index is 412.